The van der Waals surface area contributed by atoms with Gasteiger partial charge in [-0.15, -0.1) is 0 Å². The summed E-state index contributed by atoms with van der Waals surface area (Å²) in [5.74, 6) is -0.145. The van der Waals surface area contributed by atoms with Crippen molar-refractivity contribution in [1.82, 2.24) is 9.88 Å². The predicted molar refractivity (Wildman–Crippen MR) is 81.5 cm³/mol. The van der Waals surface area contributed by atoms with Gasteiger partial charge in [0.15, 0.2) is 5.69 Å². The second-order valence-corrected chi connectivity index (χ2v) is 6.36. The molecular weight excluding hydrogens is 300 g/mol. The molecule has 3 atom stereocenters. The van der Waals surface area contributed by atoms with E-state index in [2.05, 4.69) is 4.98 Å². The molecule has 7 nitrogen and oxygen atoms in total. The number of oxazole rings is 1. The molecule has 2 aliphatic heterocycles. The maximum Gasteiger partial charge on any atom is 0.394 e. The second-order valence-electron chi connectivity index (χ2n) is 6.36. The number of hydrogen-bond acceptors (Lipinski definition) is 6. The lowest BCUT2D eigenvalue weighted by molar-refractivity contribution is -0.189. The van der Waals surface area contributed by atoms with Crippen molar-refractivity contribution < 1.29 is 23.4 Å². The van der Waals surface area contributed by atoms with Gasteiger partial charge in [0.05, 0.1) is 31.0 Å². The van der Waals surface area contributed by atoms with Gasteiger partial charge in [0, 0.05) is 26.0 Å². The van der Waals surface area contributed by atoms with Crippen LogP contribution in [0.15, 0.2) is 10.7 Å². The molecule has 0 aromatic carbocycles. The Morgan fingerprint density at radius 1 is 1.48 bits per heavy atom. The zero-order valence-electron chi connectivity index (χ0n) is 13.9. The molecule has 0 radical (unpaired) electrons. The zero-order valence-corrected chi connectivity index (χ0v) is 13.9. The smallest absolute Gasteiger partial charge is 0.394 e. The number of carbonyl (C=O) groups is 1. The van der Waals surface area contributed by atoms with E-state index in [4.69, 9.17) is 18.6 Å². The molecule has 2 fully saturated rings. The maximum absolute atomic E-state index is 12.7. The van der Waals surface area contributed by atoms with Crippen molar-refractivity contribution in [2.75, 3.05) is 26.3 Å². The summed E-state index contributed by atoms with van der Waals surface area (Å²) in [6.07, 6.45) is 3.20. The predicted octanol–water partition coefficient (Wildman–Crippen LogP) is 1.87. The largest absolute Gasteiger partial charge is 0.450 e. The first-order chi connectivity index (χ1) is 11.0. The van der Waals surface area contributed by atoms with E-state index < -0.39 is 0 Å². The Labute approximate surface area is 135 Å². The van der Waals surface area contributed by atoms with Crippen LogP contribution in [0.2, 0.25) is 0 Å². The van der Waals surface area contributed by atoms with Crippen LogP contribution in [0.3, 0.4) is 0 Å². The first-order valence-electron chi connectivity index (χ1n) is 8.18. The summed E-state index contributed by atoms with van der Waals surface area (Å²) in [7, 11) is 0. The van der Waals surface area contributed by atoms with Gasteiger partial charge in [0.2, 0.25) is 0 Å². The van der Waals surface area contributed by atoms with Crippen LogP contribution in [-0.4, -0.2) is 59.9 Å². The number of nitrogens with zero attached hydrogens (tertiary/aromatic N) is 2. The highest BCUT2D eigenvalue weighted by Crippen LogP contribution is 2.34. The minimum atomic E-state index is -0.322. The molecule has 1 spiro atoms. The molecule has 128 valence electrons. The van der Waals surface area contributed by atoms with Crippen LogP contribution in [-0.2, 0) is 9.47 Å². The van der Waals surface area contributed by atoms with Crippen LogP contribution in [0.25, 0.3) is 0 Å². The lowest BCUT2D eigenvalue weighted by Crippen LogP contribution is -2.59. The van der Waals surface area contributed by atoms with Crippen LogP contribution in [0.1, 0.15) is 44.1 Å². The van der Waals surface area contributed by atoms with Crippen molar-refractivity contribution in [1.29, 1.82) is 0 Å². The molecule has 7 heteroatoms. The maximum atomic E-state index is 12.7. The topological polar surface area (TPSA) is 74.0 Å². The quantitative estimate of drug-likeness (QED) is 0.845. The molecule has 0 bridgehead atoms. The molecule has 3 unspecified atom stereocenters. The van der Waals surface area contributed by atoms with Gasteiger partial charge in [-0.1, -0.05) is 0 Å². The summed E-state index contributed by atoms with van der Waals surface area (Å²) in [4.78, 5) is 18.6. The fourth-order valence-electron chi connectivity index (χ4n) is 3.47. The van der Waals surface area contributed by atoms with Crippen molar-refractivity contribution in [3.05, 3.63) is 12.0 Å². The minimum Gasteiger partial charge on any atom is -0.450 e. The third-order valence-electron chi connectivity index (χ3n) is 4.28. The summed E-state index contributed by atoms with van der Waals surface area (Å²) in [5, 5.41) is 0. The summed E-state index contributed by atoms with van der Waals surface area (Å²) in [5.41, 5.74) is -0.0462. The van der Waals surface area contributed by atoms with Gasteiger partial charge in [-0.3, -0.25) is 4.79 Å². The zero-order chi connectivity index (χ0) is 16.4. The van der Waals surface area contributed by atoms with Crippen molar-refractivity contribution in [3.63, 3.8) is 0 Å². The molecule has 1 amide bonds. The molecule has 23 heavy (non-hydrogen) atoms. The van der Waals surface area contributed by atoms with E-state index in [1.54, 1.807) is 4.90 Å². The van der Waals surface area contributed by atoms with Crippen LogP contribution in [0, 0.1) is 0 Å². The highest BCUT2D eigenvalue weighted by molar-refractivity contribution is 5.92. The molecule has 0 aliphatic carbocycles. The Morgan fingerprint density at radius 2 is 2.30 bits per heavy atom. The second kappa shape index (κ2) is 6.49. The first kappa shape index (κ1) is 16.3. The van der Waals surface area contributed by atoms with E-state index in [0.29, 0.717) is 26.3 Å². The Kier molecular flexibility index (Phi) is 4.59. The Hall–Kier alpha value is -1.60. The summed E-state index contributed by atoms with van der Waals surface area (Å²) >= 11 is 0. The van der Waals surface area contributed by atoms with Crippen molar-refractivity contribution >= 4 is 5.91 Å². The van der Waals surface area contributed by atoms with E-state index in [1.807, 2.05) is 20.8 Å². The molecular formula is C16H24N2O5. The Balaban J connectivity index is 1.74. The van der Waals surface area contributed by atoms with Crippen LogP contribution in [0.5, 0.6) is 6.08 Å². The van der Waals surface area contributed by atoms with Gasteiger partial charge >= 0.3 is 6.08 Å². The number of carbonyl (C=O) groups excluding carboxylic acids is 1. The molecule has 2 aliphatic rings. The van der Waals surface area contributed by atoms with Crippen molar-refractivity contribution in [3.8, 4) is 6.08 Å². The number of amides is 1. The fourth-order valence-corrected chi connectivity index (χ4v) is 3.47. The number of ether oxygens (including phenoxy) is 3. The normalized spacial score (nSPS) is 31.3. The number of morpholine rings is 1. The molecule has 0 N–H and O–H groups in total. The van der Waals surface area contributed by atoms with E-state index in [1.165, 1.54) is 6.26 Å². The van der Waals surface area contributed by atoms with E-state index >= 15 is 0 Å². The number of rotatable bonds is 3. The van der Waals surface area contributed by atoms with Gasteiger partial charge in [0.25, 0.3) is 5.91 Å². The van der Waals surface area contributed by atoms with E-state index in [0.717, 1.165) is 12.8 Å². The van der Waals surface area contributed by atoms with Crippen LogP contribution in [0.4, 0.5) is 0 Å². The standard InChI is InChI=1S/C16H24N2O5/c1-4-20-15-17-13(9-22-15)14(19)18-8-12(3)23-16(10-18)5-6-21-11(2)7-16/h9,11-12H,4-8,10H2,1-3H3. The average Bonchev–Trinajstić information content (AvgIpc) is 2.94. The summed E-state index contributed by atoms with van der Waals surface area (Å²) in [6.45, 7) is 8.09. The SMILES string of the molecule is CCOc1nc(C(=O)N2CC(C)OC3(CCOC(C)C3)C2)co1. The van der Waals surface area contributed by atoms with E-state index in [-0.39, 0.29) is 35.5 Å². The van der Waals surface area contributed by atoms with Gasteiger partial charge < -0.3 is 23.5 Å². The van der Waals surface area contributed by atoms with Crippen LogP contribution < -0.4 is 4.74 Å². The van der Waals surface area contributed by atoms with Gasteiger partial charge in [0.1, 0.15) is 6.26 Å². The highest BCUT2D eigenvalue weighted by Gasteiger charge is 2.44. The molecule has 0 saturated carbocycles. The van der Waals surface area contributed by atoms with E-state index in [9.17, 15) is 4.79 Å². The number of aromatic nitrogens is 1. The molecule has 3 heterocycles. The minimum absolute atomic E-state index is 0.0173. The third-order valence-corrected chi connectivity index (χ3v) is 4.28. The summed E-state index contributed by atoms with van der Waals surface area (Å²) in [6, 6.07) is 0. The third kappa shape index (κ3) is 3.50. The Bertz CT molecular complexity index is 556. The first-order valence-corrected chi connectivity index (χ1v) is 8.18. The molecule has 2 saturated heterocycles. The molecule has 1 aromatic heterocycles. The van der Waals surface area contributed by atoms with Crippen LogP contribution >= 0.6 is 0 Å². The van der Waals surface area contributed by atoms with Crippen molar-refractivity contribution in [2.45, 2.75) is 51.4 Å². The van der Waals surface area contributed by atoms with Crippen molar-refractivity contribution in [2.24, 2.45) is 0 Å². The molecule has 3 rings (SSSR count). The van der Waals surface area contributed by atoms with Gasteiger partial charge in [-0.05, 0) is 20.8 Å². The van der Waals surface area contributed by atoms with Gasteiger partial charge in [-0.2, -0.15) is 4.98 Å². The monoisotopic (exact) mass is 324 g/mol. The lowest BCUT2D eigenvalue weighted by Gasteiger charge is -2.48. The fraction of sp³-hybridized carbons (Fsp3) is 0.750. The number of hydrogen-bond donors (Lipinski definition) is 0. The van der Waals surface area contributed by atoms with Gasteiger partial charge in [-0.25, -0.2) is 0 Å². The Morgan fingerprint density at radius 3 is 3.04 bits per heavy atom. The molecule has 1 aromatic rings. The lowest BCUT2D eigenvalue weighted by atomic mass is 9.88. The average molecular weight is 324 g/mol. The summed E-state index contributed by atoms with van der Waals surface area (Å²) < 4.78 is 22.2. The highest BCUT2D eigenvalue weighted by atomic mass is 16.6.